The van der Waals surface area contributed by atoms with Crippen molar-refractivity contribution in [2.45, 2.75) is 6.92 Å². The second-order valence-corrected chi connectivity index (χ2v) is 4.43. The van der Waals surface area contributed by atoms with Crippen molar-refractivity contribution in [3.8, 4) is 0 Å². The Labute approximate surface area is 120 Å². The fraction of sp³-hybridized carbons (Fsp3) is 0.125. The lowest BCUT2D eigenvalue weighted by atomic mass is 10.2. The third-order valence-corrected chi connectivity index (χ3v) is 3.15. The standard InChI is InChI=1S/C16H13NO4/c1-2-20-16(19)11-10-13(15(18)14-7-5-9-21-14)17-8-4-3-6-12(11)17/h3-10H,2H2,1H3. The Morgan fingerprint density at radius 2 is 2.10 bits per heavy atom. The Kier molecular flexibility index (Phi) is 3.31. The first-order valence-corrected chi connectivity index (χ1v) is 6.57. The highest BCUT2D eigenvalue weighted by Gasteiger charge is 2.22. The van der Waals surface area contributed by atoms with Gasteiger partial charge in [-0.15, -0.1) is 0 Å². The van der Waals surface area contributed by atoms with Gasteiger partial charge in [-0.1, -0.05) is 6.07 Å². The molecule has 0 aromatic carbocycles. The van der Waals surface area contributed by atoms with Crippen LogP contribution in [0.25, 0.3) is 5.52 Å². The molecule has 0 aliphatic carbocycles. The van der Waals surface area contributed by atoms with Crippen LogP contribution in [0.1, 0.15) is 33.5 Å². The van der Waals surface area contributed by atoms with Gasteiger partial charge in [-0.3, -0.25) is 4.79 Å². The third kappa shape index (κ3) is 2.23. The number of fused-ring (bicyclic) bond motifs is 1. The molecular formula is C16H13NO4. The molecule has 0 spiro atoms. The van der Waals surface area contributed by atoms with Gasteiger partial charge in [-0.25, -0.2) is 4.79 Å². The van der Waals surface area contributed by atoms with Gasteiger partial charge in [0.15, 0.2) is 5.76 Å². The zero-order chi connectivity index (χ0) is 14.8. The minimum absolute atomic E-state index is 0.230. The summed E-state index contributed by atoms with van der Waals surface area (Å²) in [6.07, 6.45) is 3.17. The molecule has 0 bridgehead atoms. The molecule has 0 aliphatic heterocycles. The van der Waals surface area contributed by atoms with Crippen LogP contribution in [0.4, 0.5) is 0 Å². The number of esters is 1. The second-order valence-electron chi connectivity index (χ2n) is 4.43. The van der Waals surface area contributed by atoms with Crippen molar-refractivity contribution in [2.75, 3.05) is 6.61 Å². The summed E-state index contributed by atoms with van der Waals surface area (Å²) in [5.41, 5.74) is 1.36. The predicted octanol–water partition coefficient (Wildman–Crippen LogP) is 2.94. The molecule has 0 amide bonds. The van der Waals surface area contributed by atoms with Crippen molar-refractivity contribution in [3.63, 3.8) is 0 Å². The lowest BCUT2D eigenvalue weighted by molar-refractivity contribution is 0.0529. The maximum Gasteiger partial charge on any atom is 0.340 e. The monoisotopic (exact) mass is 283 g/mol. The van der Waals surface area contributed by atoms with Gasteiger partial charge in [-0.2, -0.15) is 0 Å². The molecular weight excluding hydrogens is 270 g/mol. The Bertz CT molecular complexity index is 799. The van der Waals surface area contributed by atoms with Crippen LogP contribution in [0.15, 0.2) is 53.3 Å². The molecule has 0 aliphatic rings. The average molecular weight is 283 g/mol. The average Bonchev–Trinajstić information content (AvgIpc) is 3.15. The largest absolute Gasteiger partial charge is 0.462 e. The molecule has 3 heterocycles. The van der Waals surface area contributed by atoms with E-state index < -0.39 is 5.97 Å². The van der Waals surface area contributed by atoms with Gasteiger partial charge in [0.25, 0.3) is 0 Å². The maximum atomic E-state index is 12.4. The minimum Gasteiger partial charge on any atom is -0.462 e. The highest BCUT2D eigenvalue weighted by Crippen LogP contribution is 2.21. The van der Waals surface area contributed by atoms with Crippen LogP contribution in [0, 0.1) is 0 Å². The first kappa shape index (κ1) is 13.2. The maximum absolute atomic E-state index is 12.4. The number of aromatic nitrogens is 1. The lowest BCUT2D eigenvalue weighted by Gasteiger charge is -2.00. The minimum atomic E-state index is -0.445. The number of carbonyl (C=O) groups is 2. The summed E-state index contributed by atoms with van der Waals surface area (Å²) in [4.78, 5) is 24.5. The number of ether oxygens (including phenoxy) is 1. The van der Waals surface area contributed by atoms with Crippen LogP contribution < -0.4 is 0 Å². The quantitative estimate of drug-likeness (QED) is 0.545. The van der Waals surface area contributed by atoms with E-state index in [4.69, 9.17) is 9.15 Å². The highest BCUT2D eigenvalue weighted by molar-refractivity contribution is 6.09. The normalized spacial score (nSPS) is 10.7. The van der Waals surface area contributed by atoms with E-state index in [0.717, 1.165) is 0 Å². The van der Waals surface area contributed by atoms with E-state index in [0.29, 0.717) is 16.8 Å². The summed E-state index contributed by atoms with van der Waals surface area (Å²) in [6.45, 7) is 2.02. The van der Waals surface area contributed by atoms with Crippen LogP contribution in [0.3, 0.4) is 0 Å². The molecule has 21 heavy (non-hydrogen) atoms. The number of furan rings is 1. The Hall–Kier alpha value is -2.82. The molecule has 106 valence electrons. The Morgan fingerprint density at radius 3 is 2.81 bits per heavy atom. The lowest BCUT2D eigenvalue weighted by Crippen LogP contribution is -2.03. The van der Waals surface area contributed by atoms with E-state index in [1.807, 2.05) is 0 Å². The summed E-state index contributed by atoms with van der Waals surface area (Å²) in [5.74, 6) is -0.495. The zero-order valence-corrected chi connectivity index (χ0v) is 11.4. The van der Waals surface area contributed by atoms with Crippen LogP contribution in [-0.2, 0) is 4.74 Å². The van der Waals surface area contributed by atoms with Gasteiger partial charge in [0.1, 0.15) is 0 Å². The van der Waals surface area contributed by atoms with Crippen LogP contribution in [0.2, 0.25) is 0 Å². The third-order valence-electron chi connectivity index (χ3n) is 3.15. The summed E-state index contributed by atoms with van der Waals surface area (Å²) >= 11 is 0. The molecule has 3 aromatic heterocycles. The van der Waals surface area contributed by atoms with Crippen molar-refractivity contribution in [2.24, 2.45) is 0 Å². The van der Waals surface area contributed by atoms with Crippen LogP contribution in [0.5, 0.6) is 0 Å². The van der Waals surface area contributed by atoms with Gasteiger partial charge in [0, 0.05) is 6.20 Å². The fourth-order valence-electron chi connectivity index (χ4n) is 2.23. The van der Waals surface area contributed by atoms with Crippen LogP contribution in [-0.4, -0.2) is 22.8 Å². The molecule has 0 saturated carbocycles. The van der Waals surface area contributed by atoms with E-state index in [1.54, 1.807) is 47.9 Å². The molecule has 0 atom stereocenters. The number of pyridine rings is 1. The van der Waals surface area contributed by atoms with E-state index >= 15 is 0 Å². The Morgan fingerprint density at radius 1 is 1.24 bits per heavy atom. The summed E-state index contributed by atoms with van der Waals surface area (Å²) in [6, 6.07) is 10.1. The molecule has 0 radical (unpaired) electrons. The smallest absolute Gasteiger partial charge is 0.340 e. The summed E-state index contributed by atoms with van der Waals surface area (Å²) in [5, 5.41) is 0. The van der Waals surface area contributed by atoms with Crippen molar-refractivity contribution in [3.05, 3.63) is 65.9 Å². The van der Waals surface area contributed by atoms with Crippen molar-refractivity contribution in [1.82, 2.24) is 4.40 Å². The number of ketones is 1. The van der Waals surface area contributed by atoms with Crippen LogP contribution >= 0.6 is 0 Å². The van der Waals surface area contributed by atoms with Gasteiger partial charge in [-0.05, 0) is 37.3 Å². The molecule has 0 saturated heterocycles. The first-order chi connectivity index (χ1) is 10.2. The van der Waals surface area contributed by atoms with Gasteiger partial charge in [0.2, 0.25) is 5.78 Å². The summed E-state index contributed by atoms with van der Waals surface area (Å²) in [7, 11) is 0. The number of hydrogen-bond acceptors (Lipinski definition) is 4. The van der Waals surface area contributed by atoms with E-state index in [-0.39, 0.29) is 18.2 Å². The van der Waals surface area contributed by atoms with Crippen molar-refractivity contribution >= 4 is 17.3 Å². The van der Waals surface area contributed by atoms with Crippen molar-refractivity contribution in [1.29, 1.82) is 0 Å². The van der Waals surface area contributed by atoms with Crippen molar-refractivity contribution < 1.29 is 18.7 Å². The molecule has 5 heteroatoms. The number of nitrogens with zero attached hydrogens (tertiary/aromatic N) is 1. The predicted molar refractivity (Wildman–Crippen MR) is 75.5 cm³/mol. The number of hydrogen-bond donors (Lipinski definition) is 0. The second kappa shape index (κ2) is 5.28. The first-order valence-electron chi connectivity index (χ1n) is 6.57. The molecule has 3 rings (SSSR count). The van der Waals surface area contributed by atoms with Gasteiger partial charge < -0.3 is 13.6 Å². The summed E-state index contributed by atoms with van der Waals surface area (Å²) < 4.78 is 11.8. The molecule has 0 unspecified atom stereocenters. The zero-order valence-electron chi connectivity index (χ0n) is 11.4. The molecule has 0 N–H and O–H groups in total. The number of carbonyl (C=O) groups excluding carboxylic acids is 2. The molecule has 5 nitrogen and oxygen atoms in total. The SMILES string of the molecule is CCOC(=O)c1cc(C(=O)c2ccco2)n2ccccc12. The number of rotatable bonds is 4. The topological polar surface area (TPSA) is 60.9 Å². The van der Waals surface area contributed by atoms with Gasteiger partial charge >= 0.3 is 5.97 Å². The molecule has 0 fully saturated rings. The van der Waals surface area contributed by atoms with E-state index in [1.165, 1.54) is 12.3 Å². The molecule has 3 aromatic rings. The van der Waals surface area contributed by atoms with E-state index in [9.17, 15) is 9.59 Å². The Balaban J connectivity index is 2.15. The van der Waals surface area contributed by atoms with Gasteiger partial charge in [0.05, 0.1) is 29.6 Å². The fourth-order valence-corrected chi connectivity index (χ4v) is 2.23. The highest BCUT2D eigenvalue weighted by atomic mass is 16.5. The van der Waals surface area contributed by atoms with E-state index in [2.05, 4.69) is 0 Å².